The highest BCUT2D eigenvalue weighted by atomic mass is 32.2. The molecule has 0 radical (unpaired) electrons. The van der Waals surface area contributed by atoms with E-state index in [2.05, 4.69) is 5.10 Å². The lowest BCUT2D eigenvalue weighted by Crippen LogP contribution is -2.31. The van der Waals surface area contributed by atoms with Crippen molar-refractivity contribution >= 4 is 15.9 Å². The number of carbonyl (C=O) groups is 1. The van der Waals surface area contributed by atoms with E-state index in [-0.39, 0.29) is 16.5 Å². The maximum atomic E-state index is 12.9. The molecule has 0 aliphatic rings. The molecule has 0 bridgehead atoms. The molecule has 6 nitrogen and oxygen atoms in total. The Bertz CT molecular complexity index is 813. The fourth-order valence-corrected chi connectivity index (χ4v) is 3.08. The highest BCUT2D eigenvalue weighted by Crippen LogP contribution is 2.17. The molecule has 0 aliphatic carbocycles. The zero-order valence-electron chi connectivity index (χ0n) is 13.1. The number of nitrogens with one attached hydrogen (secondary N) is 1. The molecule has 8 heteroatoms. The van der Waals surface area contributed by atoms with Crippen LogP contribution < -0.4 is 4.72 Å². The lowest BCUT2D eigenvalue weighted by Gasteiger charge is -2.12. The fraction of sp³-hybridized carbons (Fsp3) is 0.333. The van der Waals surface area contributed by atoms with E-state index in [4.69, 9.17) is 0 Å². The molecule has 1 heterocycles. The van der Waals surface area contributed by atoms with Gasteiger partial charge in [-0.15, -0.1) is 0 Å². The van der Waals surface area contributed by atoms with E-state index in [1.165, 1.54) is 6.20 Å². The van der Waals surface area contributed by atoms with Gasteiger partial charge in [-0.05, 0) is 44.5 Å². The second-order valence-corrected chi connectivity index (χ2v) is 6.92. The van der Waals surface area contributed by atoms with E-state index in [1.807, 2.05) is 18.6 Å². The van der Waals surface area contributed by atoms with Crippen LogP contribution in [0.15, 0.2) is 35.4 Å². The lowest BCUT2D eigenvalue weighted by atomic mass is 10.2. The Kier molecular flexibility index (Phi) is 4.84. The van der Waals surface area contributed by atoms with Crippen molar-refractivity contribution in [1.29, 1.82) is 0 Å². The number of hydrogen-bond donors (Lipinski definition) is 1. The lowest BCUT2D eigenvalue weighted by molar-refractivity contribution is 0.0980. The van der Waals surface area contributed by atoms with Crippen molar-refractivity contribution in [3.8, 4) is 0 Å². The van der Waals surface area contributed by atoms with Crippen LogP contribution in [0.1, 0.15) is 42.4 Å². The van der Waals surface area contributed by atoms with Gasteiger partial charge in [0, 0.05) is 11.7 Å². The molecule has 1 N–H and O–H groups in total. The van der Waals surface area contributed by atoms with Crippen LogP contribution in [0, 0.1) is 12.7 Å². The summed E-state index contributed by atoms with van der Waals surface area (Å²) in [5.74, 6) is -1.32. The summed E-state index contributed by atoms with van der Waals surface area (Å²) in [7, 11) is -4.06. The number of benzene rings is 1. The fourth-order valence-electron chi connectivity index (χ4n) is 2.11. The summed E-state index contributed by atoms with van der Waals surface area (Å²) in [4.78, 5) is 12.0. The van der Waals surface area contributed by atoms with Gasteiger partial charge in [-0.25, -0.2) is 17.5 Å². The first-order valence-corrected chi connectivity index (χ1v) is 8.61. The van der Waals surface area contributed by atoms with E-state index in [1.54, 1.807) is 11.6 Å². The third kappa shape index (κ3) is 3.58. The van der Waals surface area contributed by atoms with Gasteiger partial charge in [0.05, 0.1) is 16.7 Å². The molecule has 0 aliphatic heterocycles. The standard InChI is InChI=1S/C15H18FN3O3S/c1-4-10(2)19-11(3)14(9-17-19)15(20)18-23(21,22)13-7-5-12(16)6-8-13/h5-10H,4H2,1-3H3,(H,18,20). The molecule has 1 atom stereocenters. The van der Waals surface area contributed by atoms with Crippen molar-refractivity contribution in [3.05, 3.63) is 47.5 Å². The molecule has 2 rings (SSSR count). The van der Waals surface area contributed by atoms with Crippen molar-refractivity contribution in [2.75, 3.05) is 0 Å². The van der Waals surface area contributed by atoms with Crippen LogP contribution in [-0.4, -0.2) is 24.1 Å². The van der Waals surface area contributed by atoms with Gasteiger partial charge in [-0.3, -0.25) is 9.48 Å². The summed E-state index contributed by atoms with van der Waals surface area (Å²) in [6, 6.07) is 4.34. The first-order chi connectivity index (χ1) is 10.8. The van der Waals surface area contributed by atoms with Crippen LogP contribution in [0.2, 0.25) is 0 Å². The number of amides is 1. The van der Waals surface area contributed by atoms with Gasteiger partial charge in [0.15, 0.2) is 0 Å². The van der Waals surface area contributed by atoms with Gasteiger partial charge in [0.1, 0.15) is 5.82 Å². The minimum Gasteiger partial charge on any atom is -0.268 e. The maximum absolute atomic E-state index is 12.9. The molecular weight excluding hydrogens is 321 g/mol. The van der Waals surface area contributed by atoms with Crippen LogP contribution in [0.3, 0.4) is 0 Å². The third-order valence-corrected chi connectivity index (χ3v) is 5.00. The van der Waals surface area contributed by atoms with E-state index < -0.39 is 21.7 Å². The monoisotopic (exact) mass is 339 g/mol. The minimum absolute atomic E-state index is 0.102. The Morgan fingerprint density at radius 1 is 1.35 bits per heavy atom. The smallest absolute Gasteiger partial charge is 0.268 e. The van der Waals surface area contributed by atoms with E-state index in [0.717, 1.165) is 30.7 Å². The van der Waals surface area contributed by atoms with Crippen LogP contribution in [0.4, 0.5) is 4.39 Å². The number of sulfonamides is 1. The van der Waals surface area contributed by atoms with Gasteiger partial charge in [0.25, 0.3) is 15.9 Å². The molecule has 1 aromatic heterocycles. The summed E-state index contributed by atoms with van der Waals surface area (Å²) in [5.41, 5.74) is 0.780. The number of halogens is 1. The van der Waals surface area contributed by atoms with Gasteiger partial charge in [-0.1, -0.05) is 6.92 Å². The van der Waals surface area contributed by atoms with Crippen LogP contribution in [-0.2, 0) is 10.0 Å². The second-order valence-electron chi connectivity index (χ2n) is 5.23. The highest BCUT2D eigenvalue weighted by Gasteiger charge is 2.22. The molecule has 0 fully saturated rings. The largest absolute Gasteiger partial charge is 0.268 e. The summed E-state index contributed by atoms with van der Waals surface area (Å²) in [5, 5.41) is 4.13. The Hall–Kier alpha value is -2.22. The van der Waals surface area contributed by atoms with Crippen molar-refractivity contribution in [1.82, 2.24) is 14.5 Å². The average molecular weight is 339 g/mol. The number of rotatable bonds is 5. The average Bonchev–Trinajstić information content (AvgIpc) is 2.88. The molecular formula is C15H18FN3O3S. The first kappa shape index (κ1) is 17.1. The van der Waals surface area contributed by atoms with Crippen molar-refractivity contribution in [3.63, 3.8) is 0 Å². The molecule has 124 valence electrons. The first-order valence-electron chi connectivity index (χ1n) is 7.13. The Morgan fingerprint density at radius 3 is 2.52 bits per heavy atom. The second kappa shape index (κ2) is 6.49. The van der Waals surface area contributed by atoms with Crippen LogP contribution in [0.5, 0.6) is 0 Å². The number of hydrogen-bond acceptors (Lipinski definition) is 4. The molecule has 1 amide bonds. The van der Waals surface area contributed by atoms with Gasteiger partial charge in [0.2, 0.25) is 0 Å². The molecule has 2 aromatic rings. The van der Waals surface area contributed by atoms with E-state index in [9.17, 15) is 17.6 Å². The number of aromatic nitrogens is 2. The zero-order valence-corrected chi connectivity index (χ0v) is 13.9. The third-order valence-electron chi connectivity index (χ3n) is 3.65. The summed E-state index contributed by atoms with van der Waals surface area (Å²) >= 11 is 0. The molecule has 1 aromatic carbocycles. The van der Waals surface area contributed by atoms with Crippen molar-refractivity contribution < 1.29 is 17.6 Å². The Morgan fingerprint density at radius 2 is 1.96 bits per heavy atom. The van der Waals surface area contributed by atoms with Crippen molar-refractivity contribution in [2.24, 2.45) is 0 Å². The molecule has 1 unspecified atom stereocenters. The number of nitrogens with zero attached hydrogens (tertiary/aromatic N) is 2. The van der Waals surface area contributed by atoms with Gasteiger partial charge >= 0.3 is 0 Å². The van der Waals surface area contributed by atoms with Crippen molar-refractivity contribution in [2.45, 2.75) is 38.1 Å². The van der Waals surface area contributed by atoms with Gasteiger partial charge < -0.3 is 0 Å². The zero-order chi connectivity index (χ0) is 17.2. The number of carbonyl (C=O) groups excluding carboxylic acids is 1. The quantitative estimate of drug-likeness (QED) is 0.907. The molecule has 23 heavy (non-hydrogen) atoms. The van der Waals surface area contributed by atoms with Crippen LogP contribution in [0.25, 0.3) is 0 Å². The summed E-state index contributed by atoms with van der Waals surface area (Å²) < 4.78 is 40.8. The molecule has 0 saturated heterocycles. The summed E-state index contributed by atoms with van der Waals surface area (Å²) in [6.07, 6.45) is 2.18. The minimum atomic E-state index is -4.06. The highest BCUT2D eigenvalue weighted by molar-refractivity contribution is 7.90. The SMILES string of the molecule is CCC(C)n1ncc(C(=O)NS(=O)(=O)c2ccc(F)cc2)c1C. The predicted octanol–water partition coefficient (Wildman–Crippen LogP) is 2.42. The van der Waals surface area contributed by atoms with Gasteiger partial charge in [-0.2, -0.15) is 5.10 Å². The van der Waals surface area contributed by atoms with E-state index in [0.29, 0.717) is 5.69 Å². The molecule has 0 saturated carbocycles. The van der Waals surface area contributed by atoms with Crippen LogP contribution >= 0.6 is 0 Å². The molecule has 0 spiro atoms. The summed E-state index contributed by atoms with van der Waals surface area (Å²) in [6.45, 7) is 5.65. The Balaban J connectivity index is 2.25. The normalized spacial score (nSPS) is 12.9. The predicted molar refractivity (Wildman–Crippen MR) is 83.0 cm³/mol. The maximum Gasteiger partial charge on any atom is 0.268 e. The van der Waals surface area contributed by atoms with E-state index >= 15 is 0 Å². The topological polar surface area (TPSA) is 81.1 Å². The Labute approximate surface area is 134 Å².